The van der Waals surface area contributed by atoms with E-state index in [0.29, 0.717) is 19.3 Å². The molecule has 0 aromatic heterocycles. The van der Waals surface area contributed by atoms with Crippen LogP contribution in [0.1, 0.15) is 329 Å². The maximum absolute atomic E-state index is 12.9. The fourth-order valence-corrected chi connectivity index (χ4v) is 9.11. The molecule has 1 unspecified atom stereocenters. The van der Waals surface area contributed by atoms with Gasteiger partial charge < -0.3 is 14.2 Å². The highest BCUT2D eigenvalue weighted by Gasteiger charge is 2.19. The third kappa shape index (κ3) is 56.4. The van der Waals surface area contributed by atoms with Crippen LogP contribution in [0, 0.1) is 0 Å². The first-order valence-corrected chi connectivity index (χ1v) is 30.5. The largest absolute Gasteiger partial charge is 0.462 e. The van der Waals surface area contributed by atoms with Crippen LogP contribution >= 0.6 is 0 Å². The molecule has 69 heavy (non-hydrogen) atoms. The van der Waals surface area contributed by atoms with Crippen LogP contribution in [0.4, 0.5) is 0 Å². The van der Waals surface area contributed by atoms with Gasteiger partial charge >= 0.3 is 17.9 Å². The summed E-state index contributed by atoms with van der Waals surface area (Å²) < 4.78 is 16.9. The van der Waals surface area contributed by atoms with Gasteiger partial charge in [0.05, 0.1) is 0 Å². The van der Waals surface area contributed by atoms with E-state index in [2.05, 4.69) is 57.2 Å². The molecular weight excluding hydrogens is 853 g/mol. The summed E-state index contributed by atoms with van der Waals surface area (Å²) in [4.78, 5) is 38.2. The fraction of sp³-hybridized carbons (Fsp3) is 0.857. The van der Waals surface area contributed by atoms with Crippen LogP contribution in [0.3, 0.4) is 0 Å². The van der Waals surface area contributed by atoms with E-state index >= 15 is 0 Å². The molecule has 0 aliphatic rings. The lowest BCUT2D eigenvalue weighted by Crippen LogP contribution is -2.30. The van der Waals surface area contributed by atoms with Crippen molar-refractivity contribution in [1.82, 2.24) is 0 Å². The summed E-state index contributed by atoms with van der Waals surface area (Å²) in [7, 11) is 0. The molecule has 0 radical (unpaired) electrons. The molecule has 0 bridgehead atoms. The Balaban J connectivity index is 4.32. The number of allylic oxidation sites excluding steroid dienone is 6. The van der Waals surface area contributed by atoms with Gasteiger partial charge in [-0.15, -0.1) is 0 Å². The van der Waals surface area contributed by atoms with Gasteiger partial charge in [0.25, 0.3) is 0 Å². The van der Waals surface area contributed by atoms with E-state index in [1.165, 1.54) is 193 Å². The number of carbonyl (C=O) groups excluding carboxylic acids is 3. The lowest BCUT2D eigenvalue weighted by Gasteiger charge is -2.18. The van der Waals surface area contributed by atoms with Crippen molar-refractivity contribution in [1.29, 1.82) is 0 Å². The van der Waals surface area contributed by atoms with Crippen LogP contribution in [-0.4, -0.2) is 37.2 Å². The van der Waals surface area contributed by atoms with Crippen LogP contribution in [-0.2, 0) is 28.6 Å². The third-order valence-electron chi connectivity index (χ3n) is 13.7. The molecule has 0 N–H and O–H groups in total. The van der Waals surface area contributed by atoms with Crippen LogP contribution in [0.2, 0.25) is 0 Å². The molecule has 404 valence electrons. The predicted octanol–water partition coefficient (Wildman–Crippen LogP) is 20.4. The van der Waals surface area contributed by atoms with Gasteiger partial charge in [-0.2, -0.15) is 0 Å². The van der Waals surface area contributed by atoms with Gasteiger partial charge in [-0.05, 0) is 51.4 Å². The van der Waals surface area contributed by atoms with Crippen molar-refractivity contribution < 1.29 is 28.6 Å². The SMILES string of the molecule is CC/C=C\C/C=C\C/C=C\CCCCCCCC(=O)OC(COC(=O)CCCCCCCCCCCCCCCCCCC)COC(=O)CCCCCCCCCCCCCCCCCCCCC. The Bertz CT molecular complexity index is 1160. The molecule has 6 nitrogen and oxygen atoms in total. The number of ether oxygens (including phenoxy) is 3. The van der Waals surface area contributed by atoms with Crippen LogP contribution in [0.15, 0.2) is 36.5 Å². The predicted molar refractivity (Wildman–Crippen MR) is 298 cm³/mol. The zero-order chi connectivity index (χ0) is 50.0. The van der Waals surface area contributed by atoms with E-state index in [0.717, 1.165) is 96.3 Å². The molecule has 0 saturated carbocycles. The summed E-state index contributed by atoms with van der Waals surface area (Å²) in [6.45, 7) is 6.57. The van der Waals surface area contributed by atoms with Crippen LogP contribution in [0.5, 0.6) is 0 Å². The van der Waals surface area contributed by atoms with E-state index in [4.69, 9.17) is 14.2 Å². The second-order valence-electron chi connectivity index (χ2n) is 20.6. The molecular formula is C63H116O6. The zero-order valence-electron chi connectivity index (χ0n) is 46.3. The summed E-state index contributed by atoms with van der Waals surface area (Å²) in [5, 5.41) is 0. The van der Waals surface area contributed by atoms with Crippen molar-refractivity contribution in [2.45, 2.75) is 335 Å². The highest BCUT2D eigenvalue weighted by molar-refractivity contribution is 5.71. The van der Waals surface area contributed by atoms with Crippen molar-refractivity contribution in [3.63, 3.8) is 0 Å². The van der Waals surface area contributed by atoms with Gasteiger partial charge in [0, 0.05) is 19.3 Å². The minimum atomic E-state index is -0.777. The van der Waals surface area contributed by atoms with E-state index < -0.39 is 6.10 Å². The molecule has 0 fully saturated rings. The number of esters is 3. The number of hydrogen-bond acceptors (Lipinski definition) is 6. The van der Waals surface area contributed by atoms with Crippen LogP contribution in [0.25, 0.3) is 0 Å². The first-order valence-electron chi connectivity index (χ1n) is 30.5. The van der Waals surface area contributed by atoms with Crippen molar-refractivity contribution in [3.05, 3.63) is 36.5 Å². The van der Waals surface area contributed by atoms with Gasteiger partial charge in [-0.25, -0.2) is 0 Å². The fourth-order valence-electron chi connectivity index (χ4n) is 9.11. The van der Waals surface area contributed by atoms with Gasteiger partial charge in [0.1, 0.15) is 13.2 Å². The second kappa shape index (κ2) is 58.2. The summed E-state index contributed by atoms with van der Waals surface area (Å²) >= 11 is 0. The minimum absolute atomic E-state index is 0.0741. The van der Waals surface area contributed by atoms with Crippen molar-refractivity contribution in [2.24, 2.45) is 0 Å². The van der Waals surface area contributed by atoms with E-state index in [1.54, 1.807) is 0 Å². The molecule has 0 aliphatic heterocycles. The Labute approximate surface area is 429 Å². The molecule has 0 spiro atoms. The molecule has 0 rings (SSSR count). The standard InChI is InChI=1S/C63H116O6/c1-4-7-10-13-16-19-22-25-28-30-31-33-36-38-41-44-47-50-53-56-62(65)68-59-60(69-63(66)57-54-51-48-45-42-39-34-27-24-21-18-15-12-9-6-3)58-67-61(64)55-52-49-46-43-40-37-35-32-29-26-23-20-17-14-11-8-5-2/h9,12,18,21,27,34,60H,4-8,10-11,13-17,19-20,22-26,28-33,35-59H2,1-3H3/b12-9-,21-18-,34-27-. The van der Waals surface area contributed by atoms with Gasteiger partial charge in [0.15, 0.2) is 6.10 Å². The highest BCUT2D eigenvalue weighted by atomic mass is 16.6. The van der Waals surface area contributed by atoms with Crippen molar-refractivity contribution in [3.8, 4) is 0 Å². The highest BCUT2D eigenvalue weighted by Crippen LogP contribution is 2.17. The molecule has 6 heteroatoms. The number of carbonyl (C=O) groups is 3. The average Bonchev–Trinajstić information content (AvgIpc) is 3.35. The Morgan fingerprint density at radius 3 is 0.884 bits per heavy atom. The number of rotatable bonds is 56. The lowest BCUT2D eigenvalue weighted by atomic mass is 10.0. The monoisotopic (exact) mass is 969 g/mol. The van der Waals surface area contributed by atoms with Crippen molar-refractivity contribution >= 4 is 17.9 Å². The maximum Gasteiger partial charge on any atom is 0.306 e. The van der Waals surface area contributed by atoms with Gasteiger partial charge in [0.2, 0.25) is 0 Å². The summed E-state index contributed by atoms with van der Waals surface area (Å²) in [6, 6.07) is 0. The van der Waals surface area contributed by atoms with E-state index in [-0.39, 0.29) is 31.1 Å². The maximum atomic E-state index is 12.9. The normalized spacial score (nSPS) is 12.2. The number of hydrogen-bond donors (Lipinski definition) is 0. The number of unbranched alkanes of at least 4 members (excludes halogenated alkanes) is 39. The molecule has 0 aromatic carbocycles. The first-order chi connectivity index (χ1) is 34.0. The molecule has 0 saturated heterocycles. The van der Waals surface area contributed by atoms with E-state index in [9.17, 15) is 14.4 Å². The Morgan fingerprint density at radius 2 is 0.565 bits per heavy atom. The quantitative estimate of drug-likeness (QED) is 0.0261. The van der Waals surface area contributed by atoms with Gasteiger partial charge in [-0.1, -0.05) is 295 Å². The third-order valence-corrected chi connectivity index (χ3v) is 13.7. The molecule has 0 amide bonds. The molecule has 1 atom stereocenters. The molecule has 0 aliphatic carbocycles. The summed E-state index contributed by atoms with van der Waals surface area (Å²) in [6.07, 6.45) is 70.0. The molecule has 0 aromatic rings. The summed E-state index contributed by atoms with van der Waals surface area (Å²) in [5.74, 6) is -0.868. The first kappa shape index (κ1) is 66.6. The van der Waals surface area contributed by atoms with Crippen LogP contribution < -0.4 is 0 Å². The average molecular weight is 970 g/mol. The van der Waals surface area contributed by atoms with E-state index in [1.807, 2.05) is 0 Å². The molecule has 0 heterocycles. The zero-order valence-corrected chi connectivity index (χ0v) is 46.3. The smallest absolute Gasteiger partial charge is 0.306 e. The Hall–Kier alpha value is -2.37. The Kier molecular flexibility index (Phi) is 56.2. The topological polar surface area (TPSA) is 78.9 Å². The van der Waals surface area contributed by atoms with Gasteiger partial charge in [-0.3, -0.25) is 14.4 Å². The Morgan fingerprint density at radius 1 is 0.304 bits per heavy atom. The van der Waals surface area contributed by atoms with Crippen molar-refractivity contribution in [2.75, 3.05) is 13.2 Å². The second-order valence-corrected chi connectivity index (χ2v) is 20.6. The minimum Gasteiger partial charge on any atom is -0.462 e. The lowest BCUT2D eigenvalue weighted by molar-refractivity contribution is -0.167. The summed E-state index contributed by atoms with van der Waals surface area (Å²) in [5.41, 5.74) is 0.